The molecule has 0 aromatic heterocycles. The summed E-state index contributed by atoms with van der Waals surface area (Å²) in [4.78, 5) is 28.6. The van der Waals surface area contributed by atoms with Gasteiger partial charge in [0.1, 0.15) is 11.5 Å². The minimum Gasteiger partial charge on any atom is -0.497 e. The van der Waals surface area contributed by atoms with Crippen LogP contribution < -0.4 is 9.47 Å². The van der Waals surface area contributed by atoms with Gasteiger partial charge in [0.2, 0.25) is 0 Å². The van der Waals surface area contributed by atoms with Gasteiger partial charge in [-0.1, -0.05) is 35.9 Å². The number of esters is 1. The number of carbonyl (C=O) groups excluding carboxylic acids is 2. The van der Waals surface area contributed by atoms with Crippen molar-refractivity contribution in [1.29, 1.82) is 0 Å². The second-order valence-corrected chi connectivity index (χ2v) is 9.63. The molecule has 39 heavy (non-hydrogen) atoms. The monoisotopic (exact) mass is 552 g/mol. The molecular weight excluding hydrogens is 520 g/mol. The Bertz CT molecular complexity index is 1230. The van der Waals surface area contributed by atoms with Crippen LogP contribution in [0.25, 0.3) is 0 Å². The van der Waals surface area contributed by atoms with Crippen molar-refractivity contribution >= 4 is 23.5 Å². The maximum atomic E-state index is 12.7. The summed E-state index contributed by atoms with van der Waals surface area (Å²) in [5.74, 6) is 0.968. The van der Waals surface area contributed by atoms with Crippen molar-refractivity contribution in [3.8, 4) is 11.5 Å². The Hall–Kier alpha value is -3.59. The van der Waals surface area contributed by atoms with Crippen molar-refractivity contribution in [2.24, 2.45) is 0 Å². The van der Waals surface area contributed by atoms with Crippen molar-refractivity contribution in [2.75, 3.05) is 53.6 Å². The molecule has 1 heterocycles. The number of amides is 1. The highest BCUT2D eigenvalue weighted by atomic mass is 35.5. The Morgan fingerprint density at radius 1 is 0.897 bits per heavy atom. The van der Waals surface area contributed by atoms with E-state index in [1.165, 1.54) is 7.11 Å². The quantitative estimate of drug-likeness (QED) is 0.321. The molecule has 0 aliphatic carbocycles. The van der Waals surface area contributed by atoms with E-state index in [4.69, 9.17) is 30.5 Å². The van der Waals surface area contributed by atoms with Crippen LogP contribution in [-0.4, -0.2) is 75.2 Å². The van der Waals surface area contributed by atoms with Crippen LogP contribution >= 0.6 is 11.6 Å². The van der Waals surface area contributed by atoms with Gasteiger partial charge in [-0.05, 0) is 59.7 Å². The molecule has 0 saturated carbocycles. The van der Waals surface area contributed by atoms with Crippen LogP contribution in [0.1, 0.15) is 27.6 Å². The molecule has 0 unspecified atom stereocenters. The Kier molecular flexibility index (Phi) is 10.2. The summed E-state index contributed by atoms with van der Waals surface area (Å²) >= 11 is 5.91. The number of halogens is 1. The van der Waals surface area contributed by atoms with Crippen molar-refractivity contribution in [3.63, 3.8) is 0 Å². The van der Waals surface area contributed by atoms with E-state index in [2.05, 4.69) is 4.90 Å². The molecule has 1 amide bonds. The van der Waals surface area contributed by atoms with Crippen LogP contribution in [0, 0.1) is 0 Å². The van der Waals surface area contributed by atoms with E-state index in [1.54, 1.807) is 43.5 Å². The van der Waals surface area contributed by atoms with Gasteiger partial charge in [-0.3, -0.25) is 9.69 Å². The predicted octanol–water partition coefficient (Wildman–Crippen LogP) is 4.62. The number of nitrogens with zero attached hydrogens (tertiary/aromatic N) is 2. The molecule has 1 atom stereocenters. The molecule has 3 aromatic rings. The summed E-state index contributed by atoms with van der Waals surface area (Å²) in [6, 6.07) is 22.0. The van der Waals surface area contributed by atoms with Crippen LogP contribution in [0.4, 0.5) is 0 Å². The van der Waals surface area contributed by atoms with Gasteiger partial charge < -0.3 is 23.8 Å². The topological polar surface area (TPSA) is 77.5 Å². The molecule has 0 N–H and O–H groups in total. The Morgan fingerprint density at radius 3 is 2.28 bits per heavy atom. The van der Waals surface area contributed by atoms with Crippen molar-refractivity contribution in [2.45, 2.75) is 12.7 Å². The van der Waals surface area contributed by atoms with Gasteiger partial charge >= 0.3 is 5.97 Å². The van der Waals surface area contributed by atoms with E-state index in [-0.39, 0.29) is 24.6 Å². The van der Waals surface area contributed by atoms with E-state index >= 15 is 0 Å². The molecule has 1 saturated heterocycles. The summed E-state index contributed by atoms with van der Waals surface area (Å²) in [7, 11) is 3.01. The second kappa shape index (κ2) is 14.0. The van der Waals surface area contributed by atoms with Crippen LogP contribution in [-0.2, 0) is 20.9 Å². The number of methoxy groups -OCH3 is 2. The summed E-state index contributed by atoms with van der Waals surface area (Å²) in [5, 5.41) is 0.623. The van der Waals surface area contributed by atoms with Gasteiger partial charge in [0, 0.05) is 37.7 Å². The zero-order chi connectivity index (χ0) is 27.6. The van der Waals surface area contributed by atoms with Crippen LogP contribution in [0.5, 0.6) is 11.5 Å². The van der Waals surface area contributed by atoms with E-state index in [1.807, 2.05) is 41.3 Å². The van der Waals surface area contributed by atoms with Crippen LogP contribution in [0.2, 0.25) is 5.02 Å². The smallest absolute Gasteiger partial charge is 0.337 e. The summed E-state index contributed by atoms with van der Waals surface area (Å²) < 4.78 is 22.2. The first-order valence-electron chi connectivity index (χ1n) is 12.8. The van der Waals surface area contributed by atoms with Crippen molar-refractivity contribution in [1.82, 2.24) is 9.80 Å². The van der Waals surface area contributed by atoms with Gasteiger partial charge in [-0.2, -0.15) is 0 Å². The SMILES string of the molecule is COC(=O)c1ccc(CO[C@H](CN2CCN(C(=O)COc3ccc(Cl)cc3)CC2)c2cccc(OC)c2)cc1. The van der Waals surface area contributed by atoms with Gasteiger partial charge in [0.15, 0.2) is 6.61 Å². The fourth-order valence-electron chi connectivity index (χ4n) is 4.33. The number of ether oxygens (including phenoxy) is 4. The summed E-state index contributed by atoms with van der Waals surface area (Å²) in [5.41, 5.74) is 2.46. The molecule has 3 aromatic carbocycles. The molecule has 1 fully saturated rings. The minimum atomic E-state index is -0.370. The summed E-state index contributed by atoms with van der Waals surface area (Å²) in [6.45, 7) is 3.71. The average Bonchev–Trinajstić information content (AvgIpc) is 2.99. The number of piperazine rings is 1. The lowest BCUT2D eigenvalue weighted by Gasteiger charge is -2.36. The Morgan fingerprint density at radius 2 is 1.62 bits per heavy atom. The molecular formula is C30H33ClN2O6. The third-order valence-electron chi connectivity index (χ3n) is 6.62. The van der Waals surface area contributed by atoms with Crippen LogP contribution in [0.3, 0.4) is 0 Å². The number of hydrogen-bond acceptors (Lipinski definition) is 7. The van der Waals surface area contributed by atoms with Gasteiger partial charge in [0.05, 0.1) is 32.5 Å². The first kappa shape index (κ1) is 28.4. The van der Waals surface area contributed by atoms with Crippen molar-refractivity contribution in [3.05, 3.63) is 94.5 Å². The van der Waals surface area contributed by atoms with E-state index in [0.29, 0.717) is 42.6 Å². The lowest BCUT2D eigenvalue weighted by Crippen LogP contribution is -2.50. The van der Waals surface area contributed by atoms with Gasteiger partial charge in [0.25, 0.3) is 5.91 Å². The minimum absolute atomic E-state index is 0.00799. The molecule has 0 radical (unpaired) electrons. The molecule has 8 nitrogen and oxygen atoms in total. The second-order valence-electron chi connectivity index (χ2n) is 9.19. The maximum absolute atomic E-state index is 12.7. The number of hydrogen-bond donors (Lipinski definition) is 0. The average molecular weight is 553 g/mol. The molecule has 9 heteroatoms. The van der Waals surface area contributed by atoms with Crippen LogP contribution in [0.15, 0.2) is 72.8 Å². The largest absolute Gasteiger partial charge is 0.497 e. The summed E-state index contributed by atoms with van der Waals surface area (Å²) in [6.07, 6.45) is -0.212. The molecule has 0 spiro atoms. The van der Waals surface area contributed by atoms with E-state index in [0.717, 1.165) is 30.0 Å². The Labute approximate surface area is 234 Å². The number of rotatable bonds is 11. The standard InChI is InChI=1S/C30H33ClN2O6/c1-36-27-5-3-4-24(18-27)28(39-20-22-6-8-23(9-7-22)30(35)37-2)19-32-14-16-33(17-15-32)29(34)21-38-26-12-10-25(31)11-13-26/h3-13,18,28H,14-17,19-21H2,1-2H3/t28-/m1/s1. The lowest BCUT2D eigenvalue weighted by molar-refractivity contribution is -0.135. The Balaban J connectivity index is 1.33. The zero-order valence-electron chi connectivity index (χ0n) is 22.2. The normalized spacial score (nSPS) is 14.5. The molecule has 206 valence electrons. The first-order chi connectivity index (χ1) is 18.9. The predicted molar refractivity (Wildman–Crippen MR) is 148 cm³/mol. The third kappa shape index (κ3) is 8.20. The highest BCUT2D eigenvalue weighted by Gasteiger charge is 2.25. The maximum Gasteiger partial charge on any atom is 0.337 e. The van der Waals surface area contributed by atoms with Gasteiger partial charge in [-0.15, -0.1) is 0 Å². The molecule has 1 aliphatic heterocycles. The highest BCUT2D eigenvalue weighted by molar-refractivity contribution is 6.30. The van der Waals surface area contributed by atoms with E-state index in [9.17, 15) is 9.59 Å². The fourth-order valence-corrected chi connectivity index (χ4v) is 4.46. The zero-order valence-corrected chi connectivity index (χ0v) is 22.9. The number of benzene rings is 3. The molecule has 1 aliphatic rings. The first-order valence-corrected chi connectivity index (χ1v) is 13.1. The highest BCUT2D eigenvalue weighted by Crippen LogP contribution is 2.25. The van der Waals surface area contributed by atoms with Gasteiger partial charge in [-0.25, -0.2) is 4.79 Å². The molecule has 0 bridgehead atoms. The number of carbonyl (C=O) groups is 2. The van der Waals surface area contributed by atoms with E-state index < -0.39 is 0 Å². The van der Waals surface area contributed by atoms with Crippen molar-refractivity contribution < 1.29 is 28.5 Å². The molecule has 4 rings (SSSR count). The lowest BCUT2D eigenvalue weighted by atomic mass is 10.1. The third-order valence-corrected chi connectivity index (χ3v) is 6.87. The fraction of sp³-hybridized carbons (Fsp3) is 0.333.